The zero-order valence-corrected chi connectivity index (χ0v) is 11.6. The number of rotatable bonds is 8. The highest BCUT2D eigenvalue weighted by molar-refractivity contribution is 5.20. The normalized spacial score (nSPS) is 13.4. The van der Waals surface area contributed by atoms with Crippen molar-refractivity contribution in [3.63, 3.8) is 0 Å². The van der Waals surface area contributed by atoms with Gasteiger partial charge in [-0.3, -0.25) is 0 Å². The summed E-state index contributed by atoms with van der Waals surface area (Å²) in [6, 6.07) is 3.22. The van der Waals surface area contributed by atoms with Gasteiger partial charge in [0, 0.05) is 18.2 Å². The molecule has 0 aliphatic heterocycles. The summed E-state index contributed by atoms with van der Waals surface area (Å²) in [7, 11) is 0. The van der Waals surface area contributed by atoms with Crippen molar-refractivity contribution >= 4 is 0 Å². The Hall–Kier alpha value is -1.21. The van der Waals surface area contributed by atoms with Crippen LogP contribution in [0.1, 0.15) is 18.9 Å². The van der Waals surface area contributed by atoms with Crippen molar-refractivity contribution in [1.82, 2.24) is 5.32 Å². The Labute approximate surface area is 120 Å². The minimum absolute atomic E-state index is 0.0573. The lowest BCUT2D eigenvalue weighted by Crippen LogP contribution is -2.33. The zero-order chi connectivity index (χ0) is 15.9. The van der Waals surface area contributed by atoms with Crippen LogP contribution >= 0.6 is 0 Å². The number of nitrogens with one attached hydrogen (secondary N) is 1. The predicted molar refractivity (Wildman–Crippen MR) is 69.0 cm³/mol. The van der Waals surface area contributed by atoms with Gasteiger partial charge < -0.3 is 10.1 Å². The van der Waals surface area contributed by atoms with Crippen LogP contribution in [-0.2, 0) is 11.2 Å². The van der Waals surface area contributed by atoms with E-state index < -0.39 is 24.4 Å². The van der Waals surface area contributed by atoms with Crippen molar-refractivity contribution in [1.29, 1.82) is 0 Å². The fourth-order valence-electron chi connectivity index (χ4n) is 1.95. The molecule has 0 saturated heterocycles. The van der Waals surface area contributed by atoms with Gasteiger partial charge in [0.25, 0.3) is 0 Å². The lowest BCUT2D eigenvalue weighted by Gasteiger charge is -2.19. The summed E-state index contributed by atoms with van der Waals surface area (Å²) in [4.78, 5) is 0. The third kappa shape index (κ3) is 6.86. The van der Waals surface area contributed by atoms with Gasteiger partial charge in [-0.25, -0.2) is 8.78 Å². The van der Waals surface area contributed by atoms with E-state index in [1.54, 1.807) is 6.92 Å². The maximum Gasteiger partial charge on any atom is 0.411 e. The van der Waals surface area contributed by atoms with Gasteiger partial charge >= 0.3 is 6.18 Å². The molecule has 21 heavy (non-hydrogen) atoms. The SMILES string of the molecule is CCNC(CCOCC(F)(F)F)Cc1c(F)cccc1F. The third-order valence-corrected chi connectivity index (χ3v) is 2.88. The molecule has 0 amide bonds. The summed E-state index contributed by atoms with van der Waals surface area (Å²) in [5.74, 6) is -1.32. The van der Waals surface area contributed by atoms with Crippen molar-refractivity contribution in [3.05, 3.63) is 35.4 Å². The first-order valence-electron chi connectivity index (χ1n) is 6.64. The first-order chi connectivity index (χ1) is 9.83. The molecule has 1 rings (SSSR count). The van der Waals surface area contributed by atoms with Gasteiger partial charge in [0.2, 0.25) is 0 Å². The van der Waals surface area contributed by atoms with Crippen LogP contribution in [0.2, 0.25) is 0 Å². The quantitative estimate of drug-likeness (QED) is 0.586. The molecule has 0 radical (unpaired) electrons. The molecule has 0 aromatic heterocycles. The van der Waals surface area contributed by atoms with E-state index in [9.17, 15) is 22.0 Å². The molecule has 1 unspecified atom stereocenters. The second-order valence-corrected chi connectivity index (χ2v) is 4.62. The third-order valence-electron chi connectivity index (χ3n) is 2.88. The van der Waals surface area contributed by atoms with Crippen LogP contribution in [0.4, 0.5) is 22.0 Å². The number of likely N-dealkylation sites (N-methyl/N-ethyl adjacent to an activating group) is 1. The molecule has 0 spiro atoms. The maximum atomic E-state index is 13.5. The van der Waals surface area contributed by atoms with E-state index in [-0.39, 0.29) is 31.1 Å². The van der Waals surface area contributed by atoms with Crippen molar-refractivity contribution in [2.75, 3.05) is 19.8 Å². The summed E-state index contributed by atoms with van der Waals surface area (Å²) < 4.78 is 67.4. The molecule has 1 atom stereocenters. The first-order valence-corrected chi connectivity index (χ1v) is 6.64. The van der Waals surface area contributed by atoms with Crippen LogP contribution in [0, 0.1) is 11.6 Å². The molecule has 120 valence electrons. The summed E-state index contributed by atoms with van der Waals surface area (Å²) in [6.07, 6.45) is -4.08. The lowest BCUT2D eigenvalue weighted by molar-refractivity contribution is -0.174. The van der Waals surface area contributed by atoms with Gasteiger partial charge in [0.05, 0.1) is 0 Å². The first kappa shape index (κ1) is 17.8. The number of hydrogen-bond donors (Lipinski definition) is 1. The molecule has 0 bridgehead atoms. The highest BCUT2D eigenvalue weighted by Crippen LogP contribution is 2.17. The molecule has 0 saturated carbocycles. The highest BCUT2D eigenvalue weighted by atomic mass is 19.4. The Bertz CT molecular complexity index is 416. The fourth-order valence-corrected chi connectivity index (χ4v) is 1.95. The Balaban J connectivity index is 2.53. The molecule has 0 aliphatic rings. The van der Waals surface area contributed by atoms with Crippen LogP contribution in [0.15, 0.2) is 18.2 Å². The van der Waals surface area contributed by atoms with Gasteiger partial charge in [0.15, 0.2) is 0 Å². The Kier molecular flexibility index (Phi) is 7.04. The van der Waals surface area contributed by atoms with Crippen molar-refractivity contribution in [2.24, 2.45) is 0 Å². The molecule has 1 aromatic rings. The average Bonchev–Trinajstić information content (AvgIpc) is 2.38. The summed E-state index contributed by atoms with van der Waals surface area (Å²) in [5.41, 5.74) is -0.0701. The number of benzene rings is 1. The van der Waals surface area contributed by atoms with E-state index >= 15 is 0 Å². The fraction of sp³-hybridized carbons (Fsp3) is 0.571. The van der Waals surface area contributed by atoms with Crippen molar-refractivity contribution in [3.8, 4) is 0 Å². The van der Waals surface area contributed by atoms with Crippen molar-refractivity contribution in [2.45, 2.75) is 32.0 Å². The van der Waals surface area contributed by atoms with Crippen LogP contribution in [-0.4, -0.2) is 32.0 Å². The number of hydrogen-bond acceptors (Lipinski definition) is 2. The summed E-state index contributed by atoms with van der Waals surface area (Å²) in [5, 5.41) is 2.99. The van der Waals surface area contributed by atoms with E-state index in [0.29, 0.717) is 6.54 Å². The molecular formula is C14H18F5NO. The van der Waals surface area contributed by atoms with Crippen LogP contribution in [0.5, 0.6) is 0 Å². The molecule has 2 nitrogen and oxygen atoms in total. The number of alkyl halides is 3. The second-order valence-electron chi connectivity index (χ2n) is 4.62. The Morgan fingerprint density at radius 3 is 2.33 bits per heavy atom. The van der Waals surface area contributed by atoms with E-state index in [1.807, 2.05) is 0 Å². The predicted octanol–water partition coefficient (Wildman–Crippen LogP) is 3.45. The topological polar surface area (TPSA) is 21.3 Å². The van der Waals surface area contributed by atoms with Gasteiger partial charge in [-0.15, -0.1) is 0 Å². The lowest BCUT2D eigenvalue weighted by atomic mass is 10.0. The average molecular weight is 311 g/mol. The number of ether oxygens (including phenoxy) is 1. The van der Waals surface area contributed by atoms with Gasteiger partial charge in [-0.2, -0.15) is 13.2 Å². The smallest absolute Gasteiger partial charge is 0.372 e. The molecule has 1 N–H and O–H groups in total. The summed E-state index contributed by atoms with van der Waals surface area (Å²) >= 11 is 0. The minimum Gasteiger partial charge on any atom is -0.372 e. The largest absolute Gasteiger partial charge is 0.411 e. The molecule has 7 heteroatoms. The zero-order valence-electron chi connectivity index (χ0n) is 11.6. The van der Waals surface area contributed by atoms with Crippen LogP contribution < -0.4 is 5.32 Å². The molecule has 0 aliphatic carbocycles. The van der Waals surface area contributed by atoms with E-state index in [4.69, 9.17) is 0 Å². The molecule has 1 aromatic carbocycles. The number of halogens is 5. The van der Waals surface area contributed by atoms with Gasteiger partial charge in [-0.1, -0.05) is 13.0 Å². The van der Waals surface area contributed by atoms with E-state index in [1.165, 1.54) is 6.07 Å². The molecule has 0 heterocycles. The molecule has 0 fully saturated rings. The highest BCUT2D eigenvalue weighted by Gasteiger charge is 2.27. The van der Waals surface area contributed by atoms with E-state index in [2.05, 4.69) is 10.1 Å². The maximum absolute atomic E-state index is 13.5. The van der Waals surface area contributed by atoms with Crippen molar-refractivity contribution < 1.29 is 26.7 Å². The molecular weight excluding hydrogens is 293 g/mol. The van der Waals surface area contributed by atoms with Crippen LogP contribution in [0.3, 0.4) is 0 Å². The second kappa shape index (κ2) is 8.29. The Morgan fingerprint density at radius 2 is 1.81 bits per heavy atom. The van der Waals surface area contributed by atoms with Gasteiger partial charge in [0.1, 0.15) is 18.2 Å². The Morgan fingerprint density at radius 1 is 1.19 bits per heavy atom. The minimum atomic E-state index is -4.37. The summed E-state index contributed by atoms with van der Waals surface area (Å²) in [6.45, 7) is 0.897. The van der Waals surface area contributed by atoms with Crippen LogP contribution in [0.25, 0.3) is 0 Å². The van der Waals surface area contributed by atoms with Gasteiger partial charge in [-0.05, 0) is 31.5 Å². The monoisotopic (exact) mass is 311 g/mol. The van der Waals surface area contributed by atoms with E-state index in [0.717, 1.165) is 12.1 Å². The standard InChI is InChI=1S/C14H18F5NO/c1-2-20-10(6-7-21-9-14(17,18)19)8-11-12(15)4-3-5-13(11)16/h3-5,10,20H,2,6-9H2,1H3.